The van der Waals surface area contributed by atoms with E-state index in [2.05, 4.69) is 11.8 Å². The number of phenolic OH excluding ortho intramolecular Hbond substituents is 1. The molecule has 1 N–H and O–H groups in total. The van der Waals surface area contributed by atoms with E-state index in [4.69, 9.17) is 16.3 Å². The van der Waals surface area contributed by atoms with Gasteiger partial charge in [-0.05, 0) is 19.7 Å². The molecule has 15 heavy (non-hydrogen) atoms. The van der Waals surface area contributed by atoms with Gasteiger partial charge in [0, 0.05) is 23.2 Å². The van der Waals surface area contributed by atoms with E-state index in [0.29, 0.717) is 17.3 Å². The van der Waals surface area contributed by atoms with Crippen LogP contribution < -0.4 is 4.74 Å². The van der Waals surface area contributed by atoms with Gasteiger partial charge >= 0.3 is 0 Å². The Morgan fingerprint density at radius 3 is 2.67 bits per heavy atom. The van der Waals surface area contributed by atoms with Crippen LogP contribution in [0.25, 0.3) is 0 Å². The highest BCUT2D eigenvalue weighted by Gasteiger charge is 2.10. The van der Waals surface area contributed by atoms with E-state index >= 15 is 0 Å². The maximum Gasteiger partial charge on any atom is 0.162 e. The lowest BCUT2D eigenvalue weighted by Gasteiger charge is -2.16. The molecular formula is C11H16ClNO2. The Kier molecular flexibility index (Phi) is 4.24. The molecule has 0 amide bonds. The number of hydrogen-bond donors (Lipinski definition) is 1. The lowest BCUT2D eigenvalue weighted by Crippen LogP contribution is -2.16. The minimum atomic E-state index is 0.169. The zero-order chi connectivity index (χ0) is 11.4. The summed E-state index contributed by atoms with van der Waals surface area (Å²) in [7, 11) is 3.49. The maximum atomic E-state index is 9.85. The predicted molar refractivity (Wildman–Crippen MR) is 61.7 cm³/mol. The molecule has 0 aliphatic carbocycles. The van der Waals surface area contributed by atoms with Crippen molar-refractivity contribution in [3.63, 3.8) is 0 Å². The summed E-state index contributed by atoms with van der Waals surface area (Å²) >= 11 is 5.92. The molecule has 1 aromatic rings. The van der Waals surface area contributed by atoms with Crippen molar-refractivity contribution < 1.29 is 9.84 Å². The number of methoxy groups -OCH3 is 1. The molecule has 0 unspecified atom stereocenters. The van der Waals surface area contributed by atoms with Crippen LogP contribution >= 0.6 is 11.6 Å². The van der Waals surface area contributed by atoms with Crippen LogP contribution in [-0.4, -0.2) is 30.7 Å². The number of nitrogens with zero attached hydrogens (tertiary/aromatic N) is 1. The molecule has 84 valence electrons. The number of halogens is 1. The molecular weight excluding hydrogens is 214 g/mol. The van der Waals surface area contributed by atoms with Crippen molar-refractivity contribution in [1.82, 2.24) is 4.90 Å². The molecule has 0 fully saturated rings. The minimum absolute atomic E-state index is 0.169. The summed E-state index contributed by atoms with van der Waals surface area (Å²) in [6.45, 7) is 3.62. The van der Waals surface area contributed by atoms with Crippen molar-refractivity contribution in [2.24, 2.45) is 0 Å². The third-order valence-corrected chi connectivity index (χ3v) is 2.54. The fraction of sp³-hybridized carbons (Fsp3) is 0.455. The Bertz CT molecular complexity index is 342. The van der Waals surface area contributed by atoms with Crippen LogP contribution in [-0.2, 0) is 6.54 Å². The first kappa shape index (κ1) is 12.1. The van der Waals surface area contributed by atoms with Gasteiger partial charge in [-0.2, -0.15) is 0 Å². The topological polar surface area (TPSA) is 32.7 Å². The number of ether oxygens (including phenoxy) is 1. The van der Waals surface area contributed by atoms with Crippen molar-refractivity contribution in [2.75, 3.05) is 20.7 Å². The number of benzene rings is 1. The van der Waals surface area contributed by atoms with Crippen LogP contribution in [0.3, 0.4) is 0 Å². The van der Waals surface area contributed by atoms with E-state index in [-0.39, 0.29) is 5.75 Å². The minimum Gasteiger partial charge on any atom is -0.504 e. The second-order valence-electron chi connectivity index (χ2n) is 3.45. The predicted octanol–water partition coefficient (Wildman–Crippen LogP) is 2.51. The Hall–Kier alpha value is -0.930. The van der Waals surface area contributed by atoms with Crippen LogP contribution in [0.15, 0.2) is 12.1 Å². The number of rotatable bonds is 4. The molecule has 0 atom stereocenters. The molecule has 4 heteroatoms. The monoisotopic (exact) mass is 229 g/mol. The highest BCUT2D eigenvalue weighted by molar-refractivity contribution is 6.30. The van der Waals surface area contributed by atoms with Gasteiger partial charge in [-0.15, -0.1) is 0 Å². The van der Waals surface area contributed by atoms with Crippen LogP contribution in [0, 0.1) is 0 Å². The van der Waals surface area contributed by atoms with E-state index < -0.39 is 0 Å². The second kappa shape index (κ2) is 5.24. The fourth-order valence-corrected chi connectivity index (χ4v) is 1.54. The highest BCUT2D eigenvalue weighted by Crippen LogP contribution is 2.33. The van der Waals surface area contributed by atoms with E-state index in [0.717, 1.165) is 12.1 Å². The molecule has 3 nitrogen and oxygen atoms in total. The second-order valence-corrected chi connectivity index (χ2v) is 3.88. The molecule has 0 saturated carbocycles. The van der Waals surface area contributed by atoms with Gasteiger partial charge < -0.3 is 14.7 Å². The summed E-state index contributed by atoms with van der Waals surface area (Å²) in [6, 6.07) is 3.36. The number of aromatic hydroxyl groups is 1. The first-order valence-corrected chi connectivity index (χ1v) is 5.20. The van der Waals surface area contributed by atoms with Crippen LogP contribution in [0.1, 0.15) is 12.5 Å². The molecule has 0 aliphatic rings. The number of phenols is 1. The Morgan fingerprint density at radius 2 is 2.13 bits per heavy atom. The SMILES string of the molecule is CCN(C)Cc1cc(Cl)cc(OC)c1O. The van der Waals surface area contributed by atoms with Crippen molar-refractivity contribution in [1.29, 1.82) is 0 Å². The van der Waals surface area contributed by atoms with E-state index in [1.165, 1.54) is 7.11 Å². The lowest BCUT2D eigenvalue weighted by atomic mass is 10.1. The largest absolute Gasteiger partial charge is 0.504 e. The van der Waals surface area contributed by atoms with Crippen molar-refractivity contribution in [3.8, 4) is 11.5 Å². The summed E-state index contributed by atoms with van der Waals surface area (Å²) in [4.78, 5) is 2.07. The van der Waals surface area contributed by atoms with E-state index in [1.807, 2.05) is 7.05 Å². The molecule has 1 aromatic carbocycles. The molecule has 0 aliphatic heterocycles. The molecule has 0 spiro atoms. The van der Waals surface area contributed by atoms with Gasteiger partial charge in [0.25, 0.3) is 0 Å². The van der Waals surface area contributed by atoms with Gasteiger partial charge in [0.2, 0.25) is 0 Å². The fourth-order valence-electron chi connectivity index (χ4n) is 1.31. The smallest absolute Gasteiger partial charge is 0.162 e. The Balaban J connectivity index is 3.01. The van der Waals surface area contributed by atoms with Gasteiger partial charge in [0.15, 0.2) is 11.5 Å². The van der Waals surface area contributed by atoms with Gasteiger partial charge in [-0.3, -0.25) is 0 Å². The molecule has 0 bridgehead atoms. The van der Waals surface area contributed by atoms with Gasteiger partial charge in [0.1, 0.15) is 0 Å². The standard InChI is InChI=1S/C11H16ClNO2/c1-4-13(2)7-8-5-9(12)6-10(15-3)11(8)14/h5-6,14H,4,7H2,1-3H3. The molecule has 1 rings (SSSR count). The van der Waals surface area contributed by atoms with E-state index in [1.54, 1.807) is 12.1 Å². The first-order valence-electron chi connectivity index (χ1n) is 4.82. The Morgan fingerprint density at radius 1 is 1.47 bits per heavy atom. The summed E-state index contributed by atoms with van der Waals surface area (Å²) in [5.74, 6) is 0.587. The zero-order valence-corrected chi connectivity index (χ0v) is 10.0. The molecule has 0 aromatic heterocycles. The third kappa shape index (κ3) is 3.01. The van der Waals surface area contributed by atoms with Gasteiger partial charge in [0.05, 0.1) is 7.11 Å². The third-order valence-electron chi connectivity index (χ3n) is 2.32. The zero-order valence-electron chi connectivity index (χ0n) is 9.25. The average Bonchev–Trinajstić information content (AvgIpc) is 2.22. The number of hydrogen-bond acceptors (Lipinski definition) is 3. The molecule has 0 radical (unpaired) electrons. The quantitative estimate of drug-likeness (QED) is 0.861. The summed E-state index contributed by atoms with van der Waals surface area (Å²) in [5, 5.41) is 10.4. The van der Waals surface area contributed by atoms with Gasteiger partial charge in [-0.1, -0.05) is 18.5 Å². The average molecular weight is 230 g/mol. The normalized spacial score (nSPS) is 10.7. The summed E-state index contributed by atoms with van der Waals surface area (Å²) < 4.78 is 5.03. The first-order chi connectivity index (χ1) is 7.08. The van der Waals surface area contributed by atoms with Crippen LogP contribution in [0.5, 0.6) is 11.5 Å². The lowest BCUT2D eigenvalue weighted by molar-refractivity contribution is 0.328. The van der Waals surface area contributed by atoms with Crippen molar-refractivity contribution in [2.45, 2.75) is 13.5 Å². The summed E-state index contributed by atoms with van der Waals surface area (Å²) in [6.07, 6.45) is 0. The summed E-state index contributed by atoms with van der Waals surface area (Å²) in [5.41, 5.74) is 0.781. The van der Waals surface area contributed by atoms with Crippen molar-refractivity contribution in [3.05, 3.63) is 22.7 Å². The molecule has 0 saturated heterocycles. The highest BCUT2D eigenvalue weighted by atomic mass is 35.5. The Labute approximate surface area is 95.2 Å². The maximum absolute atomic E-state index is 9.85. The van der Waals surface area contributed by atoms with Crippen LogP contribution in [0.4, 0.5) is 0 Å². The van der Waals surface area contributed by atoms with Crippen LogP contribution in [0.2, 0.25) is 5.02 Å². The van der Waals surface area contributed by atoms with Crippen molar-refractivity contribution >= 4 is 11.6 Å². The van der Waals surface area contributed by atoms with E-state index in [9.17, 15) is 5.11 Å². The molecule has 0 heterocycles. The van der Waals surface area contributed by atoms with Gasteiger partial charge in [-0.25, -0.2) is 0 Å².